The molecule has 2 heterocycles. The van der Waals surface area contributed by atoms with E-state index in [9.17, 15) is 22.8 Å². The average Bonchev–Trinajstić information content (AvgIpc) is 3.38. The number of nitrogens with one attached hydrogen (secondary N) is 1. The van der Waals surface area contributed by atoms with E-state index in [1.54, 1.807) is 29.6 Å². The summed E-state index contributed by atoms with van der Waals surface area (Å²) in [6.07, 6.45) is 5.55. The second-order valence-electron chi connectivity index (χ2n) is 8.46. The van der Waals surface area contributed by atoms with Gasteiger partial charge in [0.1, 0.15) is 6.04 Å². The zero-order valence-corrected chi connectivity index (χ0v) is 25.9. The molecule has 1 saturated heterocycles. The Balaban J connectivity index is 0.00000380. The molecule has 1 aliphatic rings. The predicted octanol–water partition coefficient (Wildman–Crippen LogP) is -3.14. The Morgan fingerprint density at radius 1 is 1.26 bits per heavy atom. The predicted molar refractivity (Wildman–Crippen MR) is 141 cm³/mol. The van der Waals surface area contributed by atoms with E-state index in [4.69, 9.17) is 11.5 Å². The number of nitrogens with two attached hydrogens (primary N) is 2. The van der Waals surface area contributed by atoms with Gasteiger partial charge in [-0.2, -0.15) is 0 Å². The summed E-state index contributed by atoms with van der Waals surface area (Å²) in [7, 11) is -3.90. The molecule has 1 aromatic heterocycles. The molecule has 0 saturated carbocycles. The molecule has 0 spiro atoms. The van der Waals surface area contributed by atoms with Crippen molar-refractivity contribution in [3.8, 4) is 0 Å². The van der Waals surface area contributed by atoms with Crippen LogP contribution in [-0.2, 0) is 26.0 Å². The maximum absolute atomic E-state index is 13.3. The zero-order chi connectivity index (χ0) is 27.0. The molecule has 0 bridgehead atoms. The Morgan fingerprint density at radius 2 is 1.97 bits per heavy atom. The van der Waals surface area contributed by atoms with Crippen molar-refractivity contribution >= 4 is 44.9 Å². The van der Waals surface area contributed by atoms with Crippen LogP contribution in [0.3, 0.4) is 0 Å². The maximum Gasteiger partial charge on any atom is 1.00 e. The van der Waals surface area contributed by atoms with E-state index in [-0.39, 0.29) is 109 Å². The number of benzene rings is 1. The maximum atomic E-state index is 13.3. The van der Waals surface area contributed by atoms with E-state index in [2.05, 4.69) is 21.5 Å². The number of Topliss-reactive ketones (excluding diaryl/α,β-unsaturated/α-hetero) is 1. The van der Waals surface area contributed by atoms with Gasteiger partial charge in [-0.15, -0.1) is 11.3 Å². The second-order valence-corrected chi connectivity index (χ2v) is 11.0. The minimum atomic E-state index is -3.90. The van der Waals surface area contributed by atoms with Gasteiger partial charge in [0, 0.05) is 31.2 Å². The van der Waals surface area contributed by atoms with E-state index in [0.29, 0.717) is 6.42 Å². The summed E-state index contributed by atoms with van der Waals surface area (Å²) in [5.74, 6) is -1.48. The molecule has 1 aromatic carbocycles. The van der Waals surface area contributed by atoms with Crippen LogP contribution < -0.4 is 68.2 Å². The molecule has 1 fully saturated rings. The van der Waals surface area contributed by atoms with Crippen molar-refractivity contribution in [2.75, 3.05) is 26.2 Å². The fraction of sp³-hybridized carbons (Fsp3) is 0.391. The standard InChI is InChI=1S/C23H30N7O5S2.K.H/c1-37(34,35)30-12-11-29(22(33)18(30)14-16-6-3-2-4-7-16)15-19(31)28-17(8-5-9-27-23(24)25)20(32)21-26-10-13-36-21;;/h2-4,6-7,10,13,17-18H,1,5,8-9,11-12,14-15H2,(H,28,31)(H4,24,25,27);;/q-1;+1;-1/t17-,18+;;/m0../s1/i;;1+2. The van der Waals surface area contributed by atoms with Crippen molar-refractivity contribution in [3.63, 3.8) is 0 Å². The molecule has 3 rings (SSSR count). The van der Waals surface area contributed by atoms with E-state index < -0.39 is 33.9 Å². The molecule has 0 unspecified atom stereocenters. The number of rotatable bonds is 12. The number of aromatic nitrogens is 1. The molecule has 0 aliphatic carbocycles. The minimum Gasteiger partial charge on any atom is -1.00 e. The van der Waals surface area contributed by atoms with Gasteiger partial charge in [0.25, 0.3) is 0 Å². The largest absolute Gasteiger partial charge is 1.00 e. The number of nitrogens with zero attached hydrogens (tertiary/aromatic N) is 4. The van der Waals surface area contributed by atoms with Crippen molar-refractivity contribution in [3.05, 3.63) is 58.7 Å². The van der Waals surface area contributed by atoms with E-state index in [0.717, 1.165) is 21.2 Å². The first-order chi connectivity index (χ1) is 17.6. The normalized spacial score (nSPS) is 16.8. The first-order valence-electron chi connectivity index (χ1n) is 11.5. The van der Waals surface area contributed by atoms with E-state index >= 15 is 0 Å². The summed E-state index contributed by atoms with van der Waals surface area (Å²) < 4.78 is 25.6. The Labute approximate surface area is 270 Å². The van der Waals surface area contributed by atoms with Crippen LogP contribution >= 0.6 is 11.3 Å². The van der Waals surface area contributed by atoms with Crippen LogP contribution in [0.2, 0.25) is 0 Å². The zero-order valence-electron chi connectivity index (χ0n) is 22.2. The molecular weight excluding hydrogens is 558 g/mol. The fourth-order valence-corrected chi connectivity index (χ4v) is 5.56. The smallest absolute Gasteiger partial charge is 1.00 e. The molecule has 2 atom stereocenters. The quantitative estimate of drug-likeness (QED) is 0.0579. The molecular formula is C23H31KN7O5S2-. The van der Waals surface area contributed by atoms with Gasteiger partial charge in [0.2, 0.25) is 17.6 Å². The van der Waals surface area contributed by atoms with Gasteiger partial charge in [-0.05, 0) is 24.8 Å². The van der Waals surface area contributed by atoms with Gasteiger partial charge in [-0.3, -0.25) is 19.4 Å². The van der Waals surface area contributed by atoms with Crippen LogP contribution in [-0.4, -0.2) is 84.4 Å². The Kier molecular flexibility index (Phi) is 13.0. The molecule has 1 aliphatic heterocycles. The van der Waals surface area contributed by atoms with E-state index in [1.165, 1.54) is 11.1 Å². The first-order valence-corrected chi connectivity index (χ1v) is 14.0. The second kappa shape index (κ2) is 15.2. The van der Waals surface area contributed by atoms with Gasteiger partial charge in [-0.25, -0.2) is 24.0 Å². The van der Waals surface area contributed by atoms with E-state index in [1.807, 2.05) is 6.07 Å². The topological polar surface area (TPSA) is 181 Å². The average molecular weight is 591 g/mol. The molecule has 12 nitrogen and oxygen atoms in total. The summed E-state index contributed by atoms with van der Waals surface area (Å²) in [5, 5.41) is 4.61. The van der Waals surface area contributed by atoms with Gasteiger partial charge in [0.15, 0.2) is 11.0 Å². The van der Waals surface area contributed by atoms with Gasteiger partial charge in [-0.1, -0.05) is 30.3 Å². The minimum absolute atomic E-state index is 0. The van der Waals surface area contributed by atoms with Gasteiger partial charge < -0.3 is 23.1 Å². The first kappa shape index (κ1) is 32.5. The number of sulfonamides is 1. The summed E-state index contributed by atoms with van der Waals surface area (Å²) in [6.45, 7) is -0.0318. The third-order valence-corrected chi connectivity index (χ3v) is 7.68. The number of carbonyl (C=O) groups excluding carboxylic acids is 3. The van der Waals surface area contributed by atoms with Crippen molar-refractivity contribution in [2.24, 2.45) is 16.5 Å². The number of hydrogen-bond acceptors (Lipinski definition) is 8. The van der Waals surface area contributed by atoms with Crippen LogP contribution in [0.25, 0.3) is 0 Å². The number of carbonyl (C=O) groups is 3. The molecule has 5 N–H and O–H groups in total. The Morgan fingerprint density at radius 3 is 2.58 bits per heavy atom. The molecule has 15 heteroatoms. The number of amides is 2. The number of hydrogen-bond donors (Lipinski definition) is 3. The number of aliphatic imine (C=N–C) groups is 1. The summed E-state index contributed by atoms with van der Waals surface area (Å²) in [5.41, 5.74) is 11.5. The third kappa shape index (κ3) is 9.48. The van der Waals surface area contributed by atoms with Crippen LogP contribution in [0.1, 0.15) is 29.6 Å². The molecule has 38 heavy (non-hydrogen) atoms. The van der Waals surface area contributed by atoms with Crippen LogP contribution in [0, 0.1) is 6.26 Å². The third-order valence-electron chi connectivity index (χ3n) is 5.74. The van der Waals surface area contributed by atoms with Crippen molar-refractivity contribution in [1.82, 2.24) is 19.5 Å². The monoisotopic (exact) mass is 590 g/mol. The Hall–Kier alpha value is -1.72. The van der Waals surface area contributed by atoms with Crippen molar-refractivity contribution in [1.29, 1.82) is 0 Å². The summed E-state index contributed by atoms with van der Waals surface area (Å²) in [4.78, 5) is 48.4. The van der Waals surface area contributed by atoms with Crippen LogP contribution in [0.15, 0.2) is 46.9 Å². The molecule has 2 amide bonds. The van der Waals surface area contributed by atoms with Gasteiger partial charge >= 0.3 is 51.4 Å². The molecule has 2 aromatic rings. The summed E-state index contributed by atoms with van der Waals surface area (Å²) in [6, 6.07) is 7.09. The number of thiazole rings is 1. The van der Waals surface area contributed by atoms with Crippen molar-refractivity contribution in [2.45, 2.75) is 31.3 Å². The van der Waals surface area contributed by atoms with Crippen LogP contribution in [0.4, 0.5) is 0 Å². The molecule has 0 radical (unpaired) electrons. The van der Waals surface area contributed by atoms with Crippen molar-refractivity contribution < 1.29 is 75.6 Å². The molecule has 202 valence electrons. The number of piperazine rings is 1. The fourth-order valence-electron chi connectivity index (χ4n) is 4.02. The SMILES string of the molecule is [3H-].[CH2-]S(=O)(=O)N1CCN(CC(=O)N[C@@H](CCCN=C(N)N)C(=O)c2nccs2)C(=O)[C@H]1Cc1ccccc1.[K+]. The Bertz CT molecular complexity index is 1230. The van der Waals surface area contributed by atoms with Crippen LogP contribution in [0.5, 0.6) is 0 Å². The summed E-state index contributed by atoms with van der Waals surface area (Å²) >= 11 is 1.16. The number of guanidine groups is 1. The van der Waals surface area contributed by atoms with Gasteiger partial charge in [0.05, 0.1) is 22.6 Å². The number of ketones is 1.